The van der Waals surface area contributed by atoms with E-state index in [1.165, 1.54) is 0 Å². The number of anilines is 1. The minimum atomic E-state index is -0.190. The van der Waals surface area contributed by atoms with Gasteiger partial charge in [0.15, 0.2) is 0 Å². The van der Waals surface area contributed by atoms with E-state index in [0.717, 1.165) is 38.0 Å². The van der Waals surface area contributed by atoms with Crippen LogP contribution in [0.1, 0.15) is 21.6 Å². The van der Waals surface area contributed by atoms with Crippen LogP contribution in [-0.2, 0) is 0 Å². The largest absolute Gasteiger partial charge is 0.321 e. The summed E-state index contributed by atoms with van der Waals surface area (Å²) >= 11 is 3.43. The van der Waals surface area contributed by atoms with Crippen LogP contribution in [0.5, 0.6) is 0 Å². The van der Waals surface area contributed by atoms with Crippen LogP contribution in [-0.4, -0.2) is 20.7 Å². The monoisotopic (exact) mass is 420 g/mol. The average molecular weight is 421 g/mol. The Labute approximate surface area is 165 Å². The molecule has 0 bridgehead atoms. The number of amides is 1. The van der Waals surface area contributed by atoms with Gasteiger partial charge in [-0.05, 0) is 61.9 Å². The van der Waals surface area contributed by atoms with Crippen molar-refractivity contribution in [3.63, 3.8) is 0 Å². The highest BCUT2D eigenvalue weighted by molar-refractivity contribution is 9.10. The van der Waals surface area contributed by atoms with Crippen molar-refractivity contribution in [2.75, 3.05) is 5.32 Å². The summed E-state index contributed by atoms with van der Waals surface area (Å²) in [5.41, 5.74) is 4.92. The number of aromatic nitrogens is 3. The molecule has 2 aromatic carbocycles. The van der Waals surface area contributed by atoms with Crippen molar-refractivity contribution in [3.05, 3.63) is 82.2 Å². The molecule has 0 unspecified atom stereocenters. The Kier molecular flexibility index (Phi) is 4.49. The number of aryl methyl sites for hydroxylation is 1. The van der Waals surface area contributed by atoms with Crippen LogP contribution in [0.4, 0.5) is 5.69 Å². The number of hydrogen-bond acceptors (Lipinski definition) is 3. The van der Waals surface area contributed by atoms with E-state index < -0.39 is 0 Å². The van der Waals surface area contributed by atoms with Crippen molar-refractivity contribution >= 4 is 38.4 Å². The quantitative estimate of drug-likeness (QED) is 0.504. The van der Waals surface area contributed by atoms with Crippen LogP contribution in [0.3, 0.4) is 0 Å². The van der Waals surface area contributed by atoms with E-state index in [0.29, 0.717) is 5.56 Å². The smallest absolute Gasteiger partial charge is 0.259 e. The first-order valence-electron chi connectivity index (χ1n) is 8.51. The van der Waals surface area contributed by atoms with E-state index in [1.807, 2.05) is 62.4 Å². The average Bonchev–Trinajstić information content (AvgIpc) is 3.06. The second-order valence-corrected chi connectivity index (χ2v) is 7.23. The molecule has 0 saturated carbocycles. The molecular formula is C21H17BrN4O. The highest BCUT2D eigenvalue weighted by atomic mass is 79.9. The first-order chi connectivity index (χ1) is 13.0. The van der Waals surface area contributed by atoms with Gasteiger partial charge in [0.05, 0.1) is 34.3 Å². The standard InChI is InChI=1S/C21H17BrN4O/c1-13-5-10-19(17-4-3-11-23-20(13)17)25-21(27)18-12-24-26(14(18)2)16-8-6-15(22)7-9-16/h3-12H,1-2H3,(H,25,27). The fraction of sp³-hybridized carbons (Fsp3) is 0.0952. The van der Waals surface area contributed by atoms with Crippen molar-refractivity contribution in [1.29, 1.82) is 0 Å². The molecule has 134 valence electrons. The first-order valence-corrected chi connectivity index (χ1v) is 9.30. The highest BCUT2D eigenvalue weighted by Crippen LogP contribution is 2.25. The topological polar surface area (TPSA) is 59.8 Å². The Morgan fingerprint density at radius 3 is 2.63 bits per heavy atom. The molecule has 0 aliphatic carbocycles. The van der Waals surface area contributed by atoms with Gasteiger partial charge in [-0.15, -0.1) is 0 Å². The molecule has 0 atom stereocenters. The zero-order valence-electron chi connectivity index (χ0n) is 14.9. The van der Waals surface area contributed by atoms with Crippen molar-refractivity contribution in [2.45, 2.75) is 13.8 Å². The van der Waals surface area contributed by atoms with Crippen molar-refractivity contribution < 1.29 is 4.79 Å². The molecule has 0 fully saturated rings. The summed E-state index contributed by atoms with van der Waals surface area (Å²) in [6, 6.07) is 15.5. The lowest BCUT2D eigenvalue weighted by Crippen LogP contribution is -2.13. The third-order valence-corrected chi connectivity index (χ3v) is 5.07. The Bertz CT molecular complexity index is 1150. The molecule has 27 heavy (non-hydrogen) atoms. The number of nitrogens with one attached hydrogen (secondary N) is 1. The van der Waals surface area contributed by atoms with Gasteiger partial charge in [0.1, 0.15) is 0 Å². The van der Waals surface area contributed by atoms with Crippen LogP contribution < -0.4 is 5.32 Å². The van der Waals surface area contributed by atoms with Gasteiger partial charge < -0.3 is 5.32 Å². The summed E-state index contributed by atoms with van der Waals surface area (Å²) in [7, 11) is 0. The highest BCUT2D eigenvalue weighted by Gasteiger charge is 2.16. The zero-order valence-corrected chi connectivity index (χ0v) is 16.5. The van der Waals surface area contributed by atoms with Crippen molar-refractivity contribution in [3.8, 4) is 5.69 Å². The Hall–Kier alpha value is -2.99. The minimum Gasteiger partial charge on any atom is -0.321 e. The van der Waals surface area contributed by atoms with E-state index in [4.69, 9.17) is 0 Å². The van der Waals surface area contributed by atoms with Gasteiger partial charge in [-0.2, -0.15) is 5.10 Å². The van der Waals surface area contributed by atoms with Gasteiger partial charge in [0.2, 0.25) is 0 Å². The van der Waals surface area contributed by atoms with E-state index in [-0.39, 0.29) is 5.91 Å². The van der Waals surface area contributed by atoms with Crippen LogP contribution >= 0.6 is 15.9 Å². The molecule has 2 heterocycles. The van der Waals surface area contributed by atoms with Gasteiger partial charge in [-0.25, -0.2) is 4.68 Å². The summed E-state index contributed by atoms with van der Waals surface area (Å²) in [4.78, 5) is 17.3. The van der Waals surface area contributed by atoms with E-state index >= 15 is 0 Å². The predicted molar refractivity (Wildman–Crippen MR) is 110 cm³/mol. The van der Waals surface area contributed by atoms with Crippen LogP contribution in [0.2, 0.25) is 0 Å². The fourth-order valence-electron chi connectivity index (χ4n) is 3.09. The molecular weight excluding hydrogens is 404 g/mol. The number of nitrogens with zero attached hydrogens (tertiary/aromatic N) is 3. The third-order valence-electron chi connectivity index (χ3n) is 4.55. The lowest BCUT2D eigenvalue weighted by Gasteiger charge is -2.10. The zero-order chi connectivity index (χ0) is 19.0. The van der Waals surface area contributed by atoms with Crippen molar-refractivity contribution in [1.82, 2.24) is 14.8 Å². The number of benzene rings is 2. The molecule has 1 amide bonds. The summed E-state index contributed by atoms with van der Waals surface area (Å²) in [6.07, 6.45) is 3.36. The lowest BCUT2D eigenvalue weighted by molar-refractivity contribution is 0.102. The van der Waals surface area contributed by atoms with E-state index in [1.54, 1.807) is 17.1 Å². The Balaban J connectivity index is 1.67. The van der Waals surface area contributed by atoms with Gasteiger partial charge in [0.25, 0.3) is 5.91 Å². The van der Waals surface area contributed by atoms with Crippen LogP contribution in [0.25, 0.3) is 16.6 Å². The van der Waals surface area contributed by atoms with Gasteiger partial charge >= 0.3 is 0 Å². The maximum absolute atomic E-state index is 12.9. The number of fused-ring (bicyclic) bond motifs is 1. The van der Waals surface area contributed by atoms with Crippen molar-refractivity contribution in [2.24, 2.45) is 0 Å². The SMILES string of the molecule is Cc1ccc(NC(=O)c2cnn(-c3ccc(Br)cc3)c2C)c2cccnc12. The number of halogens is 1. The minimum absolute atomic E-state index is 0.190. The molecule has 4 rings (SSSR count). The summed E-state index contributed by atoms with van der Waals surface area (Å²) < 4.78 is 2.75. The molecule has 1 N–H and O–H groups in total. The molecule has 0 spiro atoms. The number of hydrogen-bond donors (Lipinski definition) is 1. The lowest BCUT2D eigenvalue weighted by atomic mass is 10.1. The molecule has 0 aliphatic heterocycles. The number of carbonyl (C=O) groups excluding carboxylic acids is 1. The van der Waals surface area contributed by atoms with Gasteiger partial charge in [0, 0.05) is 16.1 Å². The van der Waals surface area contributed by atoms with E-state index in [2.05, 4.69) is 31.3 Å². The van der Waals surface area contributed by atoms with Crippen LogP contribution in [0.15, 0.2) is 65.4 Å². The number of rotatable bonds is 3. The second kappa shape index (κ2) is 6.96. The predicted octanol–water partition coefficient (Wildman–Crippen LogP) is 5.05. The Morgan fingerprint density at radius 1 is 1.07 bits per heavy atom. The third kappa shape index (κ3) is 3.24. The number of carbonyl (C=O) groups is 1. The molecule has 2 aromatic heterocycles. The summed E-state index contributed by atoms with van der Waals surface area (Å²) in [5.74, 6) is -0.190. The summed E-state index contributed by atoms with van der Waals surface area (Å²) in [6.45, 7) is 3.89. The molecule has 6 heteroatoms. The van der Waals surface area contributed by atoms with Gasteiger partial charge in [-0.3, -0.25) is 9.78 Å². The van der Waals surface area contributed by atoms with Crippen LogP contribution in [0, 0.1) is 13.8 Å². The molecule has 0 radical (unpaired) electrons. The maximum atomic E-state index is 12.9. The maximum Gasteiger partial charge on any atom is 0.259 e. The molecule has 0 saturated heterocycles. The molecule has 5 nitrogen and oxygen atoms in total. The molecule has 0 aliphatic rings. The normalized spacial score (nSPS) is 10.9. The second-order valence-electron chi connectivity index (χ2n) is 6.32. The van der Waals surface area contributed by atoms with Gasteiger partial charge in [-0.1, -0.05) is 22.0 Å². The van der Waals surface area contributed by atoms with E-state index in [9.17, 15) is 4.79 Å². The summed E-state index contributed by atoms with van der Waals surface area (Å²) in [5, 5.41) is 8.31. The number of pyridine rings is 1. The first kappa shape index (κ1) is 17.4. The Morgan fingerprint density at radius 2 is 1.85 bits per heavy atom. The fourth-order valence-corrected chi connectivity index (χ4v) is 3.35. The molecule has 4 aromatic rings.